The Morgan fingerprint density at radius 1 is 1.57 bits per heavy atom. The highest BCUT2D eigenvalue weighted by atomic mass is 79.9. The van der Waals surface area contributed by atoms with E-state index >= 15 is 0 Å². The van der Waals surface area contributed by atoms with Crippen LogP contribution in [0.4, 0.5) is 4.39 Å². The summed E-state index contributed by atoms with van der Waals surface area (Å²) in [4.78, 5) is 11.1. The third-order valence-electron chi connectivity index (χ3n) is 2.05. The van der Waals surface area contributed by atoms with Gasteiger partial charge in [-0.15, -0.1) is 0 Å². The summed E-state index contributed by atoms with van der Waals surface area (Å²) in [6, 6.07) is 3.14. The van der Waals surface area contributed by atoms with Gasteiger partial charge >= 0.3 is 5.97 Å². The van der Waals surface area contributed by atoms with E-state index < -0.39 is 11.8 Å². The van der Waals surface area contributed by atoms with Gasteiger partial charge in [0.1, 0.15) is 5.82 Å². The van der Waals surface area contributed by atoms with Gasteiger partial charge in [0.15, 0.2) is 0 Å². The summed E-state index contributed by atoms with van der Waals surface area (Å²) in [6.07, 6.45) is 0. The molecule has 14 heavy (non-hydrogen) atoms. The van der Waals surface area contributed by atoms with Crippen LogP contribution in [0.1, 0.15) is 21.5 Å². The minimum absolute atomic E-state index is 0.0188. The number of esters is 1. The van der Waals surface area contributed by atoms with E-state index in [4.69, 9.17) is 0 Å². The zero-order valence-corrected chi connectivity index (χ0v) is 9.52. The van der Waals surface area contributed by atoms with Crippen molar-refractivity contribution >= 4 is 21.9 Å². The molecule has 0 spiro atoms. The summed E-state index contributed by atoms with van der Waals surface area (Å²) >= 11 is 3.24. The molecule has 0 heterocycles. The van der Waals surface area contributed by atoms with Crippen LogP contribution in [-0.2, 0) is 10.1 Å². The predicted octanol–water partition coefficient (Wildman–Crippen LogP) is 2.82. The Hall–Kier alpha value is -0.900. The van der Waals surface area contributed by atoms with Gasteiger partial charge in [0, 0.05) is 5.33 Å². The average molecular weight is 261 g/mol. The van der Waals surface area contributed by atoms with Crippen molar-refractivity contribution in [3.63, 3.8) is 0 Å². The Morgan fingerprint density at radius 2 is 2.21 bits per heavy atom. The smallest absolute Gasteiger partial charge is 0.340 e. The van der Waals surface area contributed by atoms with E-state index in [0.717, 1.165) is 5.56 Å². The molecule has 1 aromatic rings. The molecule has 0 N–H and O–H groups in total. The molecule has 0 aliphatic heterocycles. The Bertz CT molecular complexity index is 363. The topological polar surface area (TPSA) is 26.3 Å². The first-order valence-corrected chi connectivity index (χ1v) is 5.16. The minimum atomic E-state index is -0.647. The summed E-state index contributed by atoms with van der Waals surface area (Å²) in [5, 5.41) is 0.567. The van der Waals surface area contributed by atoms with E-state index in [1.54, 1.807) is 13.0 Å². The fourth-order valence-corrected chi connectivity index (χ4v) is 1.74. The summed E-state index contributed by atoms with van der Waals surface area (Å²) in [5.41, 5.74) is 1.29. The van der Waals surface area contributed by atoms with Crippen molar-refractivity contribution in [3.05, 3.63) is 34.6 Å². The van der Waals surface area contributed by atoms with Crippen LogP contribution in [0.5, 0.6) is 0 Å². The molecular formula is C10H10BrFO2. The van der Waals surface area contributed by atoms with Gasteiger partial charge in [0.2, 0.25) is 0 Å². The van der Waals surface area contributed by atoms with Crippen molar-refractivity contribution in [2.45, 2.75) is 12.3 Å². The summed E-state index contributed by atoms with van der Waals surface area (Å²) in [5.74, 6) is -1.15. The molecule has 0 fully saturated rings. The van der Waals surface area contributed by atoms with E-state index in [1.807, 2.05) is 0 Å². The number of rotatable bonds is 2. The van der Waals surface area contributed by atoms with Gasteiger partial charge in [0.05, 0.1) is 12.7 Å². The van der Waals surface area contributed by atoms with Crippen LogP contribution in [0.25, 0.3) is 0 Å². The Kier molecular flexibility index (Phi) is 3.63. The van der Waals surface area contributed by atoms with E-state index in [1.165, 1.54) is 13.2 Å². The number of hydrogen-bond donors (Lipinski definition) is 0. The number of carbonyl (C=O) groups is 1. The molecule has 1 aromatic carbocycles. The predicted molar refractivity (Wildman–Crippen MR) is 55.1 cm³/mol. The number of benzene rings is 1. The van der Waals surface area contributed by atoms with E-state index in [9.17, 15) is 9.18 Å². The molecule has 0 aromatic heterocycles. The number of ether oxygens (including phenoxy) is 1. The van der Waals surface area contributed by atoms with Gasteiger partial charge in [0.25, 0.3) is 0 Å². The van der Waals surface area contributed by atoms with Crippen molar-refractivity contribution < 1.29 is 13.9 Å². The van der Waals surface area contributed by atoms with Crippen LogP contribution >= 0.6 is 15.9 Å². The van der Waals surface area contributed by atoms with Crippen molar-refractivity contribution in [2.24, 2.45) is 0 Å². The lowest BCUT2D eigenvalue weighted by molar-refractivity contribution is 0.0595. The number of methoxy groups -OCH3 is 1. The fourth-order valence-electron chi connectivity index (χ4n) is 1.14. The fraction of sp³-hybridized carbons (Fsp3) is 0.300. The van der Waals surface area contributed by atoms with Crippen molar-refractivity contribution in [1.29, 1.82) is 0 Å². The number of hydrogen-bond acceptors (Lipinski definition) is 2. The maximum absolute atomic E-state index is 13.6. The van der Waals surface area contributed by atoms with E-state index in [0.29, 0.717) is 10.9 Å². The molecule has 0 radical (unpaired) electrons. The van der Waals surface area contributed by atoms with Crippen LogP contribution in [0.3, 0.4) is 0 Å². The van der Waals surface area contributed by atoms with Crippen LogP contribution in [0.15, 0.2) is 12.1 Å². The second kappa shape index (κ2) is 4.55. The third kappa shape index (κ3) is 1.95. The lowest BCUT2D eigenvalue weighted by Gasteiger charge is -2.07. The lowest BCUT2D eigenvalue weighted by atomic mass is 10.1. The third-order valence-corrected chi connectivity index (χ3v) is 2.65. The minimum Gasteiger partial charge on any atom is -0.465 e. The number of carbonyl (C=O) groups excluding carboxylic acids is 1. The molecule has 0 saturated heterocycles. The second-order valence-corrected chi connectivity index (χ2v) is 3.40. The van der Waals surface area contributed by atoms with Crippen LogP contribution in [0.2, 0.25) is 0 Å². The molecule has 2 nitrogen and oxygen atoms in total. The first kappa shape index (κ1) is 11.2. The van der Waals surface area contributed by atoms with Crippen molar-refractivity contribution in [2.75, 3.05) is 7.11 Å². The first-order valence-electron chi connectivity index (χ1n) is 4.04. The van der Waals surface area contributed by atoms with Gasteiger partial charge in [-0.3, -0.25) is 0 Å². The molecule has 0 aliphatic carbocycles. The Morgan fingerprint density at radius 3 is 2.71 bits per heavy atom. The van der Waals surface area contributed by atoms with E-state index in [2.05, 4.69) is 20.7 Å². The first-order chi connectivity index (χ1) is 6.61. The van der Waals surface area contributed by atoms with Gasteiger partial charge in [-0.2, -0.15) is 0 Å². The highest BCUT2D eigenvalue weighted by molar-refractivity contribution is 9.08. The van der Waals surface area contributed by atoms with Gasteiger partial charge in [-0.1, -0.05) is 22.0 Å². The van der Waals surface area contributed by atoms with Crippen LogP contribution in [0, 0.1) is 12.7 Å². The molecule has 0 amide bonds. The van der Waals surface area contributed by atoms with Gasteiger partial charge in [-0.25, -0.2) is 9.18 Å². The monoisotopic (exact) mass is 260 g/mol. The van der Waals surface area contributed by atoms with E-state index in [-0.39, 0.29) is 5.56 Å². The maximum Gasteiger partial charge on any atom is 0.340 e. The van der Waals surface area contributed by atoms with Gasteiger partial charge in [-0.05, 0) is 24.1 Å². The summed E-state index contributed by atoms with van der Waals surface area (Å²) in [7, 11) is 1.23. The molecular weight excluding hydrogens is 251 g/mol. The normalized spacial score (nSPS) is 10.0. The van der Waals surface area contributed by atoms with Crippen LogP contribution in [-0.4, -0.2) is 13.1 Å². The highest BCUT2D eigenvalue weighted by Gasteiger charge is 2.15. The summed E-state index contributed by atoms with van der Waals surface area (Å²) in [6.45, 7) is 1.64. The zero-order chi connectivity index (χ0) is 10.7. The molecule has 0 saturated carbocycles. The number of halogens is 2. The zero-order valence-electron chi connectivity index (χ0n) is 7.93. The largest absolute Gasteiger partial charge is 0.465 e. The number of alkyl halides is 1. The lowest BCUT2D eigenvalue weighted by Crippen LogP contribution is -2.06. The van der Waals surface area contributed by atoms with Gasteiger partial charge < -0.3 is 4.74 Å². The quantitative estimate of drug-likeness (QED) is 0.604. The maximum atomic E-state index is 13.6. The SMILES string of the molecule is COC(=O)c1ccc(CBr)c(C)c1F. The van der Waals surface area contributed by atoms with Crippen molar-refractivity contribution in [3.8, 4) is 0 Å². The molecule has 0 bridgehead atoms. The molecule has 1 rings (SSSR count). The van der Waals surface area contributed by atoms with Crippen LogP contribution < -0.4 is 0 Å². The second-order valence-electron chi connectivity index (χ2n) is 2.84. The molecule has 76 valence electrons. The highest BCUT2D eigenvalue weighted by Crippen LogP contribution is 2.19. The molecule has 4 heteroatoms. The van der Waals surface area contributed by atoms with Crippen molar-refractivity contribution in [1.82, 2.24) is 0 Å². The molecule has 0 aliphatic rings. The molecule has 0 atom stereocenters. The Labute approximate surface area is 90.2 Å². The standard InChI is InChI=1S/C10H10BrFO2/c1-6-7(5-11)3-4-8(9(6)12)10(13)14-2/h3-4H,5H2,1-2H3. The Balaban J connectivity index is 3.24. The summed E-state index contributed by atoms with van der Waals surface area (Å²) < 4.78 is 18.0. The molecule has 0 unspecified atom stereocenters. The average Bonchev–Trinajstić information content (AvgIpc) is 2.21.